The van der Waals surface area contributed by atoms with Gasteiger partial charge in [-0.2, -0.15) is 14.3 Å². The highest BCUT2D eigenvalue weighted by molar-refractivity contribution is 7.90. The van der Waals surface area contributed by atoms with Crippen molar-refractivity contribution in [3.63, 3.8) is 0 Å². The average Bonchev–Trinajstić information content (AvgIpc) is 3.28. The predicted molar refractivity (Wildman–Crippen MR) is 142 cm³/mol. The van der Waals surface area contributed by atoms with Crippen LogP contribution < -0.4 is 10.6 Å². The zero-order valence-corrected chi connectivity index (χ0v) is 21.7. The molecule has 0 aromatic carbocycles. The smallest absolute Gasteiger partial charge is 0.256 e. The van der Waals surface area contributed by atoms with Crippen LogP contribution in [0, 0.1) is 5.92 Å². The number of aromatic nitrogens is 7. The van der Waals surface area contributed by atoms with Crippen molar-refractivity contribution in [3.05, 3.63) is 49.2 Å². The highest BCUT2D eigenvalue weighted by Gasteiger charge is 2.37. The van der Waals surface area contributed by atoms with Gasteiger partial charge in [0.2, 0.25) is 0 Å². The first kappa shape index (κ1) is 24.5. The molecule has 198 valence electrons. The summed E-state index contributed by atoms with van der Waals surface area (Å²) in [6.07, 6.45) is 11.9. The van der Waals surface area contributed by atoms with Crippen LogP contribution in [0.2, 0.25) is 0 Å². The van der Waals surface area contributed by atoms with Gasteiger partial charge >= 0.3 is 0 Å². The van der Waals surface area contributed by atoms with Crippen molar-refractivity contribution in [3.8, 4) is 22.6 Å². The summed E-state index contributed by atoms with van der Waals surface area (Å²) in [5, 5.41) is 24.9. The molecular weight excluding hydrogens is 506 g/mol. The number of aryl methyl sites for hydroxylation is 1. The van der Waals surface area contributed by atoms with Crippen LogP contribution in [0.15, 0.2) is 49.2 Å². The largest absolute Gasteiger partial charge is 0.393 e. The quantitative estimate of drug-likeness (QED) is 0.292. The van der Waals surface area contributed by atoms with E-state index in [1.807, 2.05) is 25.4 Å². The molecule has 2 aliphatic rings. The van der Waals surface area contributed by atoms with E-state index >= 15 is 0 Å². The first-order valence-corrected chi connectivity index (χ1v) is 14.2. The lowest BCUT2D eigenvalue weighted by atomic mass is 10.1. The van der Waals surface area contributed by atoms with E-state index in [1.54, 1.807) is 23.1 Å². The average molecular weight is 536 g/mol. The molecule has 6 rings (SSSR count). The number of aliphatic hydroxyl groups is 1. The molecule has 0 bridgehead atoms. The molecule has 0 saturated heterocycles. The Morgan fingerprint density at radius 3 is 2.71 bits per heavy atom. The molecule has 2 fully saturated rings. The topological polar surface area (TPSA) is 153 Å². The molecule has 2 saturated carbocycles. The van der Waals surface area contributed by atoms with Gasteiger partial charge in [-0.25, -0.2) is 23.4 Å². The van der Waals surface area contributed by atoms with Gasteiger partial charge in [-0.05, 0) is 50.2 Å². The number of anilines is 3. The zero-order valence-electron chi connectivity index (χ0n) is 20.9. The minimum absolute atomic E-state index is 0.223. The molecular formula is C25H29N9O3S. The van der Waals surface area contributed by atoms with E-state index in [4.69, 9.17) is 0 Å². The van der Waals surface area contributed by atoms with Gasteiger partial charge in [-0.15, -0.1) is 0 Å². The van der Waals surface area contributed by atoms with Gasteiger partial charge in [0.15, 0.2) is 5.82 Å². The van der Waals surface area contributed by atoms with Crippen molar-refractivity contribution in [2.45, 2.75) is 43.5 Å². The molecule has 13 heteroatoms. The molecule has 2 aliphatic carbocycles. The van der Waals surface area contributed by atoms with Crippen LogP contribution in [0.5, 0.6) is 0 Å². The molecule has 0 unspecified atom stereocenters. The first-order valence-electron chi connectivity index (χ1n) is 12.7. The summed E-state index contributed by atoms with van der Waals surface area (Å²) < 4.78 is 27.7. The molecule has 0 amide bonds. The Morgan fingerprint density at radius 2 is 1.97 bits per heavy atom. The molecule has 4 aromatic heterocycles. The van der Waals surface area contributed by atoms with Crippen LogP contribution >= 0.6 is 0 Å². The third-order valence-electron chi connectivity index (χ3n) is 6.92. The fourth-order valence-corrected chi connectivity index (χ4v) is 6.17. The third-order valence-corrected chi connectivity index (χ3v) is 8.96. The van der Waals surface area contributed by atoms with Crippen molar-refractivity contribution < 1.29 is 13.5 Å². The van der Waals surface area contributed by atoms with Crippen LogP contribution in [0.1, 0.15) is 32.1 Å². The second-order valence-corrected chi connectivity index (χ2v) is 12.0. The number of aliphatic hydroxyl groups excluding tert-OH is 1. The Labute approximate surface area is 220 Å². The van der Waals surface area contributed by atoms with Crippen LogP contribution in [-0.4, -0.2) is 65.3 Å². The summed E-state index contributed by atoms with van der Waals surface area (Å²) >= 11 is 0. The van der Waals surface area contributed by atoms with E-state index in [1.165, 1.54) is 12.4 Å². The molecule has 0 aliphatic heterocycles. The van der Waals surface area contributed by atoms with Crippen molar-refractivity contribution >= 4 is 27.3 Å². The minimum Gasteiger partial charge on any atom is -0.393 e. The van der Waals surface area contributed by atoms with Gasteiger partial charge < -0.3 is 15.7 Å². The lowest BCUT2D eigenvalue weighted by Gasteiger charge is -2.16. The van der Waals surface area contributed by atoms with Crippen LogP contribution in [-0.2, 0) is 17.1 Å². The van der Waals surface area contributed by atoms with Crippen molar-refractivity contribution in [1.29, 1.82) is 0 Å². The van der Waals surface area contributed by atoms with Gasteiger partial charge in [-0.3, -0.25) is 4.68 Å². The Bertz CT molecular complexity index is 1560. The Hall–Kier alpha value is -3.84. The fraction of sp³-hybridized carbons (Fsp3) is 0.400. The molecule has 4 heterocycles. The highest BCUT2D eigenvalue weighted by Crippen LogP contribution is 2.32. The van der Waals surface area contributed by atoms with E-state index in [0.717, 1.165) is 46.8 Å². The van der Waals surface area contributed by atoms with Gasteiger partial charge in [0, 0.05) is 49.5 Å². The SMILES string of the molecule is Cn1ccc(-c2cnc(Nc3ccnc(-c4cnn(S(=O)(=O)C5CC5)c4)n3)cc2NC[C@H]2CC[C@@H](O)C2)n1. The Balaban J connectivity index is 1.23. The maximum atomic E-state index is 12.5. The standard InChI is InChI=1S/C25H29N9O3S/c1-33-9-7-21(32-33)20-14-28-24(11-22(20)27-12-16-2-3-18(35)10-16)30-23-6-8-26-25(31-23)17-13-29-34(15-17)38(36,37)19-4-5-19/h6-9,11,13-16,18-19,35H,2-5,10,12H2,1H3,(H2,26,27,28,30,31)/t16-,18+/m0/s1. The molecule has 38 heavy (non-hydrogen) atoms. The molecule has 0 radical (unpaired) electrons. The van der Waals surface area contributed by atoms with E-state index in [-0.39, 0.29) is 11.4 Å². The monoisotopic (exact) mass is 535 g/mol. The van der Waals surface area contributed by atoms with E-state index in [2.05, 4.69) is 35.8 Å². The lowest BCUT2D eigenvalue weighted by Crippen LogP contribution is -2.17. The second kappa shape index (κ2) is 9.80. The van der Waals surface area contributed by atoms with Gasteiger partial charge in [0.25, 0.3) is 10.0 Å². The van der Waals surface area contributed by atoms with Gasteiger partial charge in [0.1, 0.15) is 11.6 Å². The van der Waals surface area contributed by atoms with Crippen LogP contribution in [0.25, 0.3) is 22.6 Å². The van der Waals surface area contributed by atoms with Gasteiger partial charge in [0.05, 0.1) is 35.0 Å². The maximum Gasteiger partial charge on any atom is 0.256 e. The van der Waals surface area contributed by atoms with Gasteiger partial charge in [-0.1, -0.05) is 0 Å². The summed E-state index contributed by atoms with van der Waals surface area (Å²) in [6, 6.07) is 5.57. The number of pyridine rings is 1. The number of hydrogen-bond donors (Lipinski definition) is 3. The Morgan fingerprint density at radius 1 is 1.11 bits per heavy atom. The van der Waals surface area contributed by atoms with Crippen molar-refractivity contribution in [2.75, 3.05) is 17.2 Å². The summed E-state index contributed by atoms with van der Waals surface area (Å²) in [4.78, 5) is 13.4. The summed E-state index contributed by atoms with van der Waals surface area (Å²) in [6.45, 7) is 0.742. The number of rotatable bonds is 9. The van der Waals surface area contributed by atoms with Crippen LogP contribution in [0.3, 0.4) is 0 Å². The van der Waals surface area contributed by atoms with Crippen molar-refractivity contribution in [2.24, 2.45) is 13.0 Å². The normalized spacial score (nSPS) is 19.5. The number of hydrogen-bond acceptors (Lipinski definition) is 10. The maximum absolute atomic E-state index is 12.5. The Kier molecular flexibility index (Phi) is 6.32. The van der Waals surface area contributed by atoms with Crippen LogP contribution in [0.4, 0.5) is 17.3 Å². The molecule has 12 nitrogen and oxygen atoms in total. The molecule has 0 spiro atoms. The number of nitrogens with zero attached hydrogens (tertiary/aromatic N) is 7. The minimum atomic E-state index is -3.46. The molecule has 4 aromatic rings. The molecule has 2 atom stereocenters. The lowest BCUT2D eigenvalue weighted by molar-refractivity contribution is 0.178. The summed E-state index contributed by atoms with van der Waals surface area (Å²) in [7, 11) is -1.59. The predicted octanol–water partition coefficient (Wildman–Crippen LogP) is 2.79. The summed E-state index contributed by atoms with van der Waals surface area (Å²) in [5.41, 5.74) is 3.08. The first-order chi connectivity index (χ1) is 18.3. The zero-order chi connectivity index (χ0) is 26.3. The van der Waals surface area contributed by atoms with E-state index in [9.17, 15) is 13.5 Å². The van der Waals surface area contributed by atoms with E-state index in [0.29, 0.717) is 41.8 Å². The van der Waals surface area contributed by atoms with Crippen molar-refractivity contribution in [1.82, 2.24) is 33.9 Å². The van der Waals surface area contributed by atoms with E-state index < -0.39 is 10.0 Å². The number of nitrogens with one attached hydrogen (secondary N) is 2. The summed E-state index contributed by atoms with van der Waals surface area (Å²) in [5.74, 6) is 1.85. The highest BCUT2D eigenvalue weighted by atomic mass is 32.2. The molecule has 3 N–H and O–H groups in total. The third kappa shape index (κ3) is 5.11. The fourth-order valence-electron chi connectivity index (χ4n) is 4.70. The second-order valence-electron chi connectivity index (χ2n) is 9.94.